The number of rotatable bonds is 2. The summed E-state index contributed by atoms with van der Waals surface area (Å²) in [5.74, 6) is 5.46. The highest BCUT2D eigenvalue weighted by molar-refractivity contribution is 7.97. The summed E-state index contributed by atoms with van der Waals surface area (Å²) in [7, 11) is 1.67. The summed E-state index contributed by atoms with van der Waals surface area (Å²) in [6.07, 6.45) is 2.02. The van der Waals surface area contributed by atoms with Crippen molar-refractivity contribution >= 4 is 52.1 Å². The maximum absolute atomic E-state index is 13.2. The van der Waals surface area contributed by atoms with Crippen molar-refractivity contribution in [1.29, 1.82) is 0 Å². The van der Waals surface area contributed by atoms with E-state index in [2.05, 4.69) is 11.8 Å². The fourth-order valence-electron chi connectivity index (χ4n) is 3.24. The monoisotopic (exact) mass is 483 g/mol. The highest BCUT2D eigenvalue weighted by atomic mass is 35.5. The van der Waals surface area contributed by atoms with Crippen LogP contribution in [0.1, 0.15) is 27.0 Å². The topological polar surface area (TPSA) is 43.4 Å². The van der Waals surface area contributed by atoms with Gasteiger partial charge in [0, 0.05) is 18.1 Å². The molecule has 3 nitrogen and oxygen atoms in total. The minimum absolute atomic E-state index is 0.148. The molecule has 32 heavy (non-hydrogen) atoms. The summed E-state index contributed by atoms with van der Waals surface area (Å²) < 4.78 is 27.5. The molecule has 4 rings (SSSR count). The molecule has 1 aliphatic heterocycles. The molecule has 0 radical (unpaired) electrons. The molecule has 0 bridgehead atoms. The first-order valence-corrected chi connectivity index (χ1v) is 11.4. The smallest absolute Gasteiger partial charge is 0.245 e. The van der Waals surface area contributed by atoms with Crippen LogP contribution in [0, 0.1) is 17.7 Å². The standard InChI is InChI=1S/C25H16Cl2FNO2S/c1-29-23-12-8-17(4-2-3-16-5-9-19(28)10-6-16)13-20(23)25(30)24(32(29)31)15-18-7-11-21(26)22(27)14-18/h5-15H,3H2,1H3/b24-15+. The fraction of sp³-hybridized carbons (Fsp3) is 0.0800. The van der Waals surface area contributed by atoms with E-state index in [4.69, 9.17) is 23.2 Å². The van der Waals surface area contributed by atoms with Crippen molar-refractivity contribution in [2.45, 2.75) is 6.42 Å². The molecule has 1 heterocycles. The van der Waals surface area contributed by atoms with Crippen LogP contribution < -0.4 is 4.31 Å². The van der Waals surface area contributed by atoms with Gasteiger partial charge in [0.2, 0.25) is 10.7 Å². The van der Waals surface area contributed by atoms with E-state index in [1.807, 2.05) is 0 Å². The Morgan fingerprint density at radius 2 is 1.81 bits per heavy atom. The normalized spacial score (nSPS) is 16.5. The summed E-state index contributed by atoms with van der Waals surface area (Å²) >= 11 is 10.4. The second-order valence-electron chi connectivity index (χ2n) is 7.09. The number of fused-ring (bicyclic) bond motifs is 1. The Hall–Kier alpha value is -2.75. The molecule has 0 N–H and O–H groups in total. The van der Waals surface area contributed by atoms with Gasteiger partial charge in [-0.2, -0.15) is 4.31 Å². The number of carbonyl (C=O) groups excluding carboxylic acids is 1. The molecule has 0 aliphatic carbocycles. The number of carbonyl (C=O) groups is 1. The van der Waals surface area contributed by atoms with E-state index >= 15 is 0 Å². The van der Waals surface area contributed by atoms with Gasteiger partial charge in [0.1, 0.15) is 17.2 Å². The molecule has 0 saturated heterocycles. The molecule has 3 aromatic carbocycles. The first-order valence-electron chi connectivity index (χ1n) is 9.58. The van der Waals surface area contributed by atoms with Gasteiger partial charge < -0.3 is 4.55 Å². The zero-order chi connectivity index (χ0) is 22.8. The van der Waals surface area contributed by atoms with Crippen LogP contribution in [0.2, 0.25) is 10.0 Å². The predicted octanol–water partition coefficient (Wildman–Crippen LogP) is 6.06. The van der Waals surface area contributed by atoms with Gasteiger partial charge in [0.05, 0.1) is 28.3 Å². The molecule has 1 aliphatic rings. The molecule has 0 aromatic heterocycles. The Morgan fingerprint density at radius 3 is 2.53 bits per heavy atom. The molecule has 0 amide bonds. The lowest BCUT2D eigenvalue weighted by molar-refractivity contribution is 0.104. The quantitative estimate of drug-likeness (QED) is 0.252. The zero-order valence-electron chi connectivity index (χ0n) is 16.9. The average molecular weight is 484 g/mol. The number of anilines is 1. The Bertz CT molecular complexity index is 1300. The number of halogens is 3. The van der Waals surface area contributed by atoms with Crippen LogP contribution >= 0.6 is 23.2 Å². The Morgan fingerprint density at radius 1 is 1.06 bits per heavy atom. The van der Waals surface area contributed by atoms with Gasteiger partial charge in [0.25, 0.3) is 0 Å². The van der Waals surface area contributed by atoms with Crippen LogP contribution in [0.15, 0.2) is 65.6 Å². The second kappa shape index (κ2) is 9.40. The summed E-state index contributed by atoms with van der Waals surface area (Å²) in [6, 6.07) is 16.3. The highest BCUT2D eigenvalue weighted by Gasteiger charge is 2.38. The summed E-state index contributed by atoms with van der Waals surface area (Å²) in [6.45, 7) is 0. The number of benzene rings is 3. The predicted molar refractivity (Wildman–Crippen MR) is 129 cm³/mol. The molecule has 0 saturated carbocycles. The van der Waals surface area contributed by atoms with E-state index in [1.165, 1.54) is 12.1 Å². The molecule has 1 atom stereocenters. The van der Waals surface area contributed by atoms with Crippen molar-refractivity contribution in [3.63, 3.8) is 0 Å². The lowest BCUT2D eigenvalue weighted by Crippen LogP contribution is -2.36. The van der Waals surface area contributed by atoms with Crippen molar-refractivity contribution in [3.8, 4) is 11.8 Å². The number of allylic oxidation sites excluding steroid dienone is 1. The largest absolute Gasteiger partial charge is 0.588 e. The first-order chi connectivity index (χ1) is 15.3. The summed E-state index contributed by atoms with van der Waals surface area (Å²) in [5.41, 5.74) is 3.18. The van der Waals surface area contributed by atoms with Crippen molar-refractivity contribution in [1.82, 2.24) is 0 Å². The number of hydrogen-bond acceptors (Lipinski definition) is 3. The number of Topliss-reactive ketones (excluding diaryl/α,β-unsaturated/α-hetero) is 1. The lowest BCUT2D eigenvalue weighted by atomic mass is 10.0. The molecule has 7 heteroatoms. The van der Waals surface area contributed by atoms with E-state index in [0.717, 1.165) is 5.56 Å². The van der Waals surface area contributed by atoms with Crippen LogP contribution in [0.5, 0.6) is 0 Å². The van der Waals surface area contributed by atoms with Crippen LogP contribution in [-0.4, -0.2) is 17.4 Å². The van der Waals surface area contributed by atoms with Crippen LogP contribution in [0.3, 0.4) is 0 Å². The number of nitrogens with zero attached hydrogens (tertiary/aromatic N) is 1. The number of ketones is 1. The number of hydrogen-bond donors (Lipinski definition) is 0. The minimum atomic E-state index is -1.66. The van der Waals surface area contributed by atoms with Crippen LogP contribution in [-0.2, 0) is 17.8 Å². The molecule has 3 aromatic rings. The van der Waals surface area contributed by atoms with Gasteiger partial charge in [-0.05, 0) is 53.6 Å². The molecule has 0 spiro atoms. The summed E-state index contributed by atoms with van der Waals surface area (Å²) in [5, 5.41) is 0.749. The lowest BCUT2D eigenvalue weighted by Gasteiger charge is -2.29. The summed E-state index contributed by atoms with van der Waals surface area (Å²) in [4.78, 5) is 13.3. The minimum Gasteiger partial charge on any atom is -0.588 e. The fourth-order valence-corrected chi connectivity index (χ4v) is 4.68. The molecule has 160 valence electrons. The third kappa shape index (κ3) is 4.69. The van der Waals surface area contributed by atoms with E-state index < -0.39 is 11.4 Å². The maximum atomic E-state index is 13.2. The van der Waals surface area contributed by atoms with Crippen molar-refractivity contribution in [2.75, 3.05) is 11.4 Å². The van der Waals surface area contributed by atoms with Gasteiger partial charge in [-0.1, -0.05) is 53.2 Å². The van der Waals surface area contributed by atoms with Gasteiger partial charge >= 0.3 is 0 Å². The Kier molecular flexibility index (Phi) is 6.59. The third-order valence-corrected chi connectivity index (χ3v) is 7.03. The van der Waals surface area contributed by atoms with Crippen LogP contribution in [0.25, 0.3) is 6.08 Å². The Labute approximate surface area is 198 Å². The van der Waals surface area contributed by atoms with Crippen LogP contribution in [0.4, 0.5) is 10.1 Å². The molecular formula is C25H16Cl2FNO2S. The maximum Gasteiger partial charge on any atom is 0.245 e. The Balaban J connectivity index is 1.64. The molecular weight excluding hydrogens is 468 g/mol. The average Bonchev–Trinajstić information content (AvgIpc) is 2.79. The van der Waals surface area contributed by atoms with Gasteiger partial charge in [0.15, 0.2) is 0 Å². The van der Waals surface area contributed by atoms with E-state index in [0.29, 0.717) is 38.8 Å². The SMILES string of the molecule is CN1c2ccc(C#CCc3ccc(F)cc3)cc2C(=O)/C(=C\c2ccc(Cl)c(Cl)c2)[S+]1[O-]. The van der Waals surface area contributed by atoms with Crippen molar-refractivity contribution < 1.29 is 13.7 Å². The van der Waals surface area contributed by atoms with Gasteiger partial charge in [-0.25, -0.2) is 4.39 Å². The van der Waals surface area contributed by atoms with E-state index in [-0.39, 0.29) is 16.5 Å². The first kappa shape index (κ1) is 22.4. The van der Waals surface area contributed by atoms with Gasteiger partial charge in [-0.15, -0.1) is 0 Å². The van der Waals surface area contributed by atoms with E-state index in [1.54, 1.807) is 66.0 Å². The molecule has 1 unspecified atom stereocenters. The van der Waals surface area contributed by atoms with Crippen molar-refractivity contribution in [3.05, 3.63) is 104 Å². The van der Waals surface area contributed by atoms with Gasteiger partial charge in [-0.3, -0.25) is 4.79 Å². The van der Waals surface area contributed by atoms with Crippen molar-refractivity contribution in [2.24, 2.45) is 0 Å². The second-order valence-corrected chi connectivity index (χ2v) is 9.40. The zero-order valence-corrected chi connectivity index (χ0v) is 19.2. The third-order valence-electron chi connectivity index (χ3n) is 4.92. The highest BCUT2D eigenvalue weighted by Crippen LogP contribution is 2.36. The molecule has 0 fully saturated rings. The van der Waals surface area contributed by atoms with E-state index in [9.17, 15) is 13.7 Å².